The van der Waals surface area contributed by atoms with Crippen LogP contribution in [0.2, 0.25) is 5.02 Å². The lowest BCUT2D eigenvalue weighted by Gasteiger charge is -2.36. The van der Waals surface area contributed by atoms with Crippen LogP contribution >= 0.6 is 11.6 Å². The van der Waals surface area contributed by atoms with E-state index in [1.807, 2.05) is 25.1 Å². The van der Waals surface area contributed by atoms with Gasteiger partial charge in [0.2, 0.25) is 0 Å². The van der Waals surface area contributed by atoms with Crippen LogP contribution < -0.4 is 5.32 Å². The first kappa shape index (κ1) is 13.6. The Morgan fingerprint density at radius 3 is 2.70 bits per heavy atom. The van der Waals surface area contributed by atoms with E-state index in [9.17, 15) is 0 Å². The fourth-order valence-corrected chi connectivity index (χ4v) is 3.08. The van der Waals surface area contributed by atoms with Crippen molar-refractivity contribution in [1.29, 1.82) is 0 Å². The van der Waals surface area contributed by atoms with E-state index in [-0.39, 0.29) is 0 Å². The molecule has 0 unspecified atom stereocenters. The minimum atomic E-state index is 0.582. The van der Waals surface area contributed by atoms with Crippen molar-refractivity contribution < 1.29 is 0 Å². The van der Waals surface area contributed by atoms with Crippen molar-refractivity contribution in [2.45, 2.75) is 38.3 Å². The smallest absolute Gasteiger partial charge is 0.0544 e. The number of aromatic nitrogens is 1. The van der Waals surface area contributed by atoms with Gasteiger partial charge in [0.25, 0.3) is 0 Å². The Morgan fingerprint density at radius 1 is 1.15 bits per heavy atom. The van der Waals surface area contributed by atoms with E-state index in [1.165, 1.54) is 5.56 Å². The van der Waals surface area contributed by atoms with Gasteiger partial charge in [-0.15, -0.1) is 0 Å². The molecule has 1 fully saturated rings. The van der Waals surface area contributed by atoms with Crippen molar-refractivity contribution >= 4 is 11.6 Å². The first-order valence-corrected chi connectivity index (χ1v) is 7.50. The van der Waals surface area contributed by atoms with Gasteiger partial charge in [-0.05, 0) is 49.4 Å². The van der Waals surface area contributed by atoms with Gasteiger partial charge in [0, 0.05) is 23.3 Å². The Labute approximate surface area is 125 Å². The number of hydrogen-bond acceptors (Lipinski definition) is 2. The Balaban J connectivity index is 1.50. The summed E-state index contributed by atoms with van der Waals surface area (Å²) >= 11 is 6.24. The molecule has 0 bridgehead atoms. The van der Waals surface area contributed by atoms with Crippen molar-refractivity contribution in [2.24, 2.45) is 0 Å². The first-order valence-electron chi connectivity index (χ1n) is 7.13. The van der Waals surface area contributed by atoms with Gasteiger partial charge in [0.15, 0.2) is 0 Å². The lowest BCUT2D eigenvalue weighted by atomic mass is 9.76. The molecule has 0 radical (unpaired) electrons. The normalized spacial score (nSPS) is 21.5. The van der Waals surface area contributed by atoms with E-state index in [0.717, 1.165) is 35.8 Å². The van der Waals surface area contributed by atoms with Crippen LogP contribution in [0.4, 0.5) is 0 Å². The number of benzene rings is 1. The number of hydrogen-bond donors (Lipinski definition) is 1. The van der Waals surface area contributed by atoms with Crippen LogP contribution in [-0.2, 0) is 6.54 Å². The van der Waals surface area contributed by atoms with Crippen LogP contribution in [-0.4, -0.2) is 11.0 Å². The maximum absolute atomic E-state index is 6.24. The van der Waals surface area contributed by atoms with Crippen molar-refractivity contribution in [2.75, 3.05) is 0 Å². The number of nitrogens with one attached hydrogen (secondary N) is 1. The molecule has 20 heavy (non-hydrogen) atoms. The van der Waals surface area contributed by atoms with Crippen LogP contribution in [0.15, 0.2) is 42.5 Å². The summed E-state index contributed by atoms with van der Waals surface area (Å²) in [4.78, 5) is 4.51. The zero-order valence-electron chi connectivity index (χ0n) is 11.6. The fourth-order valence-electron chi connectivity index (χ4n) is 2.79. The Hall–Kier alpha value is -1.38. The molecule has 1 heterocycles. The molecule has 2 nitrogen and oxygen atoms in total. The third kappa shape index (κ3) is 3.02. The molecule has 1 aromatic carbocycles. The van der Waals surface area contributed by atoms with Gasteiger partial charge in [0.1, 0.15) is 0 Å². The van der Waals surface area contributed by atoms with Gasteiger partial charge < -0.3 is 5.32 Å². The second kappa shape index (κ2) is 5.94. The zero-order chi connectivity index (χ0) is 13.9. The summed E-state index contributed by atoms with van der Waals surface area (Å²) in [5.41, 5.74) is 3.49. The molecule has 104 valence electrons. The third-order valence-electron chi connectivity index (χ3n) is 4.00. The molecule has 1 aromatic heterocycles. The van der Waals surface area contributed by atoms with Gasteiger partial charge in [-0.2, -0.15) is 0 Å². The maximum Gasteiger partial charge on any atom is 0.0544 e. The van der Waals surface area contributed by atoms with Crippen molar-refractivity contribution in [3.63, 3.8) is 0 Å². The molecule has 0 amide bonds. The molecule has 0 spiro atoms. The monoisotopic (exact) mass is 286 g/mol. The number of aryl methyl sites for hydroxylation is 1. The molecular weight excluding hydrogens is 268 g/mol. The molecule has 1 N–H and O–H groups in total. The highest BCUT2D eigenvalue weighted by molar-refractivity contribution is 6.31. The van der Waals surface area contributed by atoms with E-state index in [2.05, 4.69) is 34.6 Å². The van der Waals surface area contributed by atoms with Crippen LogP contribution in [0, 0.1) is 6.92 Å². The Kier molecular flexibility index (Phi) is 4.04. The number of nitrogens with zero attached hydrogens (tertiary/aromatic N) is 1. The minimum absolute atomic E-state index is 0.582. The number of halogens is 1. The van der Waals surface area contributed by atoms with E-state index < -0.39 is 0 Å². The minimum Gasteiger partial charge on any atom is -0.308 e. The van der Waals surface area contributed by atoms with Crippen molar-refractivity contribution in [3.05, 3.63) is 64.4 Å². The van der Waals surface area contributed by atoms with E-state index in [4.69, 9.17) is 11.6 Å². The SMILES string of the molecule is Cc1cccc(CNC2CC(c3ccccc3Cl)C2)n1. The quantitative estimate of drug-likeness (QED) is 0.916. The summed E-state index contributed by atoms with van der Waals surface area (Å²) in [5, 5.41) is 4.48. The van der Waals surface area contributed by atoms with Crippen LogP contribution in [0.25, 0.3) is 0 Å². The van der Waals surface area contributed by atoms with Crippen molar-refractivity contribution in [1.82, 2.24) is 10.3 Å². The molecule has 3 rings (SSSR count). The zero-order valence-corrected chi connectivity index (χ0v) is 12.4. The highest BCUT2D eigenvalue weighted by Gasteiger charge is 2.30. The molecule has 2 aromatic rings. The topological polar surface area (TPSA) is 24.9 Å². The largest absolute Gasteiger partial charge is 0.308 e. The second-order valence-electron chi connectivity index (χ2n) is 5.54. The van der Waals surface area contributed by atoms with Gasteiger partial charge in [-0.3, -0.25) is 4.98 Å². The summed E-state index contributed by atoms with van der Waals surface area (Å²) in [7, 11) is 0. The van der Waals surface area contributed by atoms with E-state index in [0.29, 0.717) is 12.0 Å². The van der Waals surface area contributed by atoms with Crippen LogP contribution in [0.1, 0.15) is 35.7 Å². The van der Waals surface area contributed by atoms with Crippen LogP contribution in [0.3, 0.4) is 0 Å². The lowest BCUT2D eigenvalue weighted by Crippen LogP contribution is -2.39. The highest BCUT2D eigenvalue weighted by atomic mass is 35.5. The first-order chi connectivity index (χ1) is 9.72. The highest BCUT2D eigenvalue weighted by Crippen LogP contribution is 2.39. The van der Waals surface area contributed by atoms with Gasteiger partial charge >= 0.3 is 0 Å². The predicted molar refractivity (Wildman–Crippen MR) is 83.0 cm³/mol. The molecule has 0 atom stereocenters. The molecule has 0 aliphatic heterocycles. The number of pyridine rings is 1. The number of rotatable bonds is 4. The van der Waals surface area contributed by atoms with E-state index >= 15 is 0 Å². The molecule has 1 saturated carbocycles. The Bertz CT molecular complexity index is 591. The molecule has 0 saturated heterocycles. The molecule has 1 aliphatic rings. The molecule has 1 aliphatic carbocycles. The third-order valence-corrected chi connectivity index (χ3v) is 4.35. The summed E-state index contributed by atoms with van der Waals surface area (Å²) in [6.45, 7) is 2.88. The summed E-state index contributed by atoms with van der Waals surface area (Å²) < 4.78 is 0. The van der Waals surface area contributed by atoms with Gasteiger partial charge in [-0.25, -0.2) is 0 Å². The summed E-state index contributed by atoms with van der Waals surface area (Å²) in [6.07, 6.45) is 2.32. The van der Waals surface area contributed by atoms with Crippen LogP contribution in [0.5, 0.6) is 0 Å². The average molecular weight is 287 g/mol. The maximum atomic E-state index is 6.24. The second-order valence-corrected chi connectivity index (χ2v) is 5.95. The molecular formula is C17H19ClN2. The average Bonchev–Trinajstić information content (AvgIpc) is 2.39. The van der Waals surface area contributed by atoms with Gasteiger partial charge in [0.05, 0.1) is 5.69 Å². The summed E-state index contributed by atoms with van der Waals surface area (Å²) in [5.74, 6) is 0.603. The predicted octanol–water partition coefficient (Wildman–Crippen LogP) is 4.08. The molecule has 3 heteroatoms. The summed E-state index contributed by atoms with van der Waals surface area (Å²) in [6, 6.07) is 14.9. The standard InChI is InChI=1S/C17H19ClN2/c1-12-5-4-6-14(20-12)11-19-15-9-13(10-15)16-7-2-3-8-17(16)18/h2-8,13,15,19H,9-11H2,1H3. The van der Waals surface area contributed by atoms with Crippen molar-refractivity contribution in [3.8, 4) is 0 Å². The fraction of sp³-hybridized carbons (Fsp3) is 0.353. The van der Waals surface area contributed by atoms with Gasteiger partial charge in [-0.1, -0.05) is 35.9 Å². The lowest BCUT2D eigenvalue weighted by molar-refractivity contribution is 0.288. The van der Waals surface area contributed by atoms with E-state index in [1.54, 1.807) is 0 Å². The Morgan fingerprint density at radius 2 is 1.95 bits per heavy atom.